The van der Waals surface area contributed by atoms with E-state index in [2.05, 4.69) is 10.2 Å². The van der Waals surface area contributed by atoms with Gasteiger partial charge in [-0.2, -0.15) is 0 Å². The molecule has 2 aromatic rings. The third-order valence-electron chi connectivity index (χ3n) is 7.27. The van der Waals surface area contributed by atoms with Crippen LogP contribution in [0.5, 0.6) is 11.5 Å². The van der Waals surface area contributed by atoms with E-state index in [1.807, 2.05) is 6.92 Å². The lowest BCUT2D eigenvalue weighted by atomic mass is 9.93. The van der Waals surface area contributed by atoms with Gasteiger partial charge in [-0.05, 0) is 44.2 Å². The van der Waals surface area contributed by atoms with Crippen LogP contribution >= 0.6 is 11.6 Å². The Labute approximate surface area is 239 Å². The Bertz CT molecular complexity index is 1320. The van der Waals surface area contributed by atoms with Crippen molar-refractivity contribution in [2.24, 2.45) is 0 Å². The molecule has 10 nitrogen and oxygen atoms in total. The third kappa shape index (κ3) is 5.88. The number of piperazine rings is 1. The van der Waals surface area contributed by atoms with Crippen LogP contribution in [-0.4, -0.2) is 92.7 Å². The minimum absolute atomic E-state index is 0.122. The lowest BCUT2D eigenvalue weighted by Crippen LogP contribution is -2.56. The molecule has 2 aromatic carbocycles. The number of benzene rings is 2. The molecule has 1 N–H and O–H groups in total. The quantitative estimate of drug-likeness (QED) is 0.483. The maximum Gasteiger partial charge on any atom is 0.338 e. The van der Waals surface area contributed by atoms with Crippen molar-refractivity contribution in [3.63, 3.8) is 0 Å². The summed E-state index contributed by atoms with van der Waals surface area (Å²) in [7, 11) is 4.70. The second kappa shape index (κ2) is 12.6. The van der Waals surface area contributed by atoms with E-state index in [1.54, 1.807) is 68.4 Å². The Kier molecular flexibility index (Phi) is 9.21. The fraction of sp³-hybridized carbons (Fsp3) is 0.414. The summed E-state index contributed by atoms with van der Waals surface area (Å²) in [6.45, 7) is 5.75. The predicted molar refractivity (Wildman–Crippen MR) is 151 cm³/mol. The molecule has 3 amide bonds. The summed E-state index contributed by atoms with van der Waals surface area (Å²) in [5, 5.41) is 3.35. The minimum atomic E-state index is -0.816. The smallest absolute Gasteiger partial charge is 0.338 e. The Hall–Kier alpha value is -3.76. The Morgan fingerprint density at radius 3 is 2.50 bits per heavy atom. The lowest BCUT2D eigenvalue weighted by molar-refractivity contribution is -0.139. The molecule has 40 heavy (non-hydrogen) atoms. The average molecular weight is 571 g/mol. The van der Waals surface area contributed by atoms with Crippen molar-refractivity contribution in [1.82, 2.24) is 20.0 Å². The normalized spacial score (nSPS) is 19.8. The van der Waals surface area contributed by atoms with Crippen molar-refractivity contribution >= 4 is 29.5 Å². The molecule has 0 spiro atoms. The first-order chi connectivity index (χ1) is 19.2. The van der Waals surface area contributed by atoms with E-state index in [1.165, 1.54) is 12.0 Å². The molecule has 0 bridgehead atoms. The lowest BCUT2D eigenvalue weighted by Gasteiger charge is -2.42. The van der Waals surface area contributed by atoms with E-state index in [4.69, 9.17) is 25.8 Å². The molecule has 4 rings (SSSR count). The number of rotatable bonds is 8. The van der Waals surface area contributed by atoms with Crippen LogP contribution in [0, 0.1) is 0 Å². The van der Waals surface area contributed by atoms with Gasteiger partial charge >= 0.3 is 12.0 Å². The standard InChI is InChI=1S/C29H35ClN4O6/c1-6-40-28(36)25-23(32(3)29(37)31-26(25)21-15-19(38-4)11-12-24(21)39-5)17-33-13-14-34(18(2)16-33)27(35)20-9-7-8-10-22(20)30/h7-12,15,18,26H,6,13-14,16-17H2,1-5H3,(H,31,37). The molecule has 2 aliphatic heterocycles. The highest BCUT2D eigenvalue weighted by atomic mass is 35.5. The highest BCUT2D eigenvalue weighted by Gasteiger charge is 2.39. The van der Waals surface area contributed by atoms with Gasteiger partial charge in [-0.15, -0.1) is 0 Å². The van der Waals surface area contributed by atoms with E-state index in [0.717, 1.165) is 0 Å². The molecule has 2 heterocycles. The van der Waals surface area contributed by atoms with Gasteiger partial charge in [-0.3, -0.25) is 14.6 Å². The maximum atomic E-state index is 13.4. The van der Waals surface area contributed by atoms with E-state index in [9.17, 15) is 14.4 Å². The zero-order valence-electron chi connectivity index (χ0n) is 23.4. The number of carbonyl (C=O) groups excluding carboxylic acids is 3. The van der Waals surface area contributed by atoms with Gasteiger partial charge in [0.25, 0.3) is 5.91 Å². The predicted octanol–water partition coefficient (Wildman–Crippen LogP) is 3.72. The zero-order valence-corrected chi connectivity index (χ0v) is 24.2. The topological polar surface area (TPSA) is 101 Å². The monoisotopic (exact) mass is 570 g/mol. The van der Waals surface area contributed by atoms with Crippen LogP contribution in [0.15, 0.2) is 53.7 Å². The van der Waals surface area contributed by atoms with Crippen molar-refractivity contribution < 1.29 is 28.6 Å². The van der Waals surface area contributed by atoms with Gasteiger partial charge in [0.15, 0.2) is 0 Å². The molecule has 214 valence electrons. The molecule has 1 saturated heterocycles. The molecule has 2 aliphatic rings. The van der Waals surface area contributed by atoms with Crippen LogP contribution in [0.1, 0.15) is 35.8 Å². The number of esters is 1. The number of urea groups is 1. The third-order valence-corrected chi connectivity index (χ3v) is 7.60. The van der Waals surface area contributed by atoms with Gasteiger partial charge in [0.05, 0.1) is 43.0 Å². The van der Waals surface area contributed by atoms with E-state index in [0.29, 0.717) is 65.1 Å². The van der Waals surface area contributed by atoms with Crippen molar-refractivity contribution in [1.29, 1.82) is 0 Å². The van der Waals surface area contributed by atoms with Crippen molar-refractivity contribution in [2.45, 2.75) is 25.9 Å². The number of hydrogen-bond acceptors (Lipinski definition) is 7. The summed E-state index contributed by atoms with van der Waals surface area (Å²) in [4.78, 5) is 45.2. The van der Waals surface area contributed by atoms with Crippen LogP contribution in [0.3, 0.4) is 0 Å². The first-order valence-electron chi connectivity index (χ1n) is 13.1. The number of amides is 3. The molecule has 0 aromatic heterocycles. The fourth-order valence-electron chi connectivity index (χ4n) is 5.18. The number of likely N-dealkylation sites (N-methyl/N-ethyl adjacent to an activating group) is 1. The van der Waals surface area contributed by atoms with E-state index >= 15 is 0 Å². The number of ether oxygens (including phenoxy) is 3. The van der Waals surface area contributed by atoms with Crippen LogP contribution in [0.25, 0.3) is 0 Å². The van der Waals surface area contributed by atoms with Crippen LogP contribution in [-0.2, 0) is 9.53 Å². The van der Waals surface area contributed by atoms with Crippen molar-refractivity contribution in [3.8, 4) is 11.5 Å². The Morgan fingerprint density at radius 1 is 1.10 bits per heavy atom. The van der Waals surface area contributed by atoms with Gasteiger partial charge in [0, 0.05) is 50.5 Å². The number of hydrogen-bond donors (Lipinski definition) is 1. The summed E-state index contributed by atoms with van der Waals surface area (Å²) < 4.78 is 16.4. The highest BCUT2D eigenvalue weighted by Crippen LogP contribution is 2.38. The molecule has 2 unspecified atom stereocenters. The van der Waals surface area contributed by atoms with Crippen LogP contribution in [0.2, 0.25) is 5.02 Å². The van der Waals surface area contributed by atoms with Gasteiger partial charge in [0.1, 0.15) is 11.5 Å². The van der Waals surface area contributed by atoms with Crippen molar-refractivity contribution in [2.75, 3.05) is 54.1 Å². The number of halogens is 1. The fourth-order valence-corrected chi connectivity index (χ4v) is 5.39. The van der Waals surface area contributed by atoms with E-state index in [-0.39, 0.29) is 24.6 Å². The number of carbonyl (C=O) groups is 3. The zero-order chi connectivity index (χ0) is 29.0. The first-order valence-corrected chi connectivity index (χ1v) is 13.5. The summed E-state index contributed by atoms with van der Waals surface area (Å²) >= 11 is 6.28. The number of nitrogens with one attached hydrogen (secondary N) is 1. The summed E-state index contributed by atoms with van der Waals surface area (Å²) in [5.41, 5.74) is 1.88. The number of nitrogens with zero attached hydrogens (tertiary/aromatic N) is 3. The number of methoxy groups -OCH3 is 2. The maximum absolute atomic E-state index is 13.4. The molecular weight excluding hydrogens is 536 g/mol. The van der Waals surface area contributed by atoms with Crippen LogP contribution in [0.4, 0.5) is 4.79 Å². The summed E-state index contributed by atoms with van der Waals surface area (Å²) in [6.07, 6.45) is 0. The second-order valence-corrected chi connectivity index (χ2v) is 10.1. The molecule has 11 heteroatoms. The van der Waals surface area contributed by atoms with Gasteiger partial charge in [-0.1, -0.05) is 23.7 Å². The molecule has 1 fully saturated rings. The van der Waals surface area contributed by atoms with Crippen LogP contribution < -0.4 is 14.8 Å². The Balaban J connectivity index is 1.66. The largest absolute Gasteiger partial charge is 0.497 e. The van der Waals surface area contributed by atoms with E-state index < -0.39 is 12.0 Å². The summed E-state index contributed by atoms with van der Waals surface area (Å²) in [5.74, 6) is 0.405. The van der Waals surface area contributed by atoms with Gasteiger partial charge in [-0.25, -0.2) is 9.59 Å². The Morgan fingerprint density at radius 2 is 1.85 bits per heavy atom. The second-order valence-electron chi connectivity index (χ2n) is 9.69. The first kappa shape index (κ1) is 29.2. The molecular formula is C29H35ClN4O6. The average Bonchev–Trinajstić information content (AvgIpc) is 2.95. The molecule has 0 aliphatic carbocycles. The molecule has 0 saturated carbocycles. The van der Waals surface area contributed by atoms with Crippen molar-refractivity contribution in [3.05, 3.63) is 69.9 Å². The van der Waals surface area contributed by atoms with Gasteiger partial charge in [0.2, 0.25) is 0 Å². The molecule has 2 atom stereocenters. The minimum Gasteiger partial charge on any atom is -0.497 e. The molecule has 0 radical (unpaired) electrons. The van der Waals surface area contributed by atoms with Gasteiger partial charge < -0.3 is 24.4 Å². The SMILES string of the molecule is CCOC(=O)C1=C(CN2CCN(C(=O)c3ccccc3Cl)C(C)C2)N(C)C(=O)NC1c1cc(OC)ccc1OC. The summed E-state index contributed by atoms with van der Waals surface area (Å²) in [6, 6.07) is 10.9. The highest BCUT2D eigenvalue weighted by molar-refractivity contribution is 6.33.